The van der Waals surface area contributed by atoms with Gasteiger partial charge in [0.15, 0.2) is 6.61 Å². The Hall–Kier alpha value is -1.79. The zero-order valence-electron chi connectivity index (χ0n) is 12.0. The molecule has 1 rings (SSSR count). The minimum Gasteiger partial charge on any atom is -0.468 e. The average Bonchev–Trinajstić information content (AvgIpc) is 2.42. The standard InChI is InChI=1S/C14H19F3N2O2/c1-3-5-10(2)12(20)19-8-11-6-4-7-18-13(11)21-9-14(15,16)17/h4,6-7,10H,3,5,8-9H2,1-2H3,(H,19,20). The fraction of sp³-hybridized carbons (Fsp3) is 0.571. The summed E-state index contributed by atoms with van der Waals surface area (Å²) >= 11 is 0. The van der Waals surface area contributed by atoms with Crippen molar-refractivity contribution >= 4 is 5.91 Å². The van der Waals surface area contributed by atoms with Crippen LogP contribution in [0.15, 0.2) is 18.3 Å². The van der Waals surface area contributed by atoms with Crippen molar-refractivity contribution in [3.63, 3.8) is 0 Å². The van der Waals surface area contributed by atoms with Gasteiger partial charge in [0.1, 0.15) is 0 Å². The van der Waals surface area contributed by atoms with Gasteiger partial charge in [0.25, 0.3) is 0 Å². The number of hydrogen-bond donors (Lipinski definition) is 1. The lowest BCUT2D eigenvalue weighted by atomic mass is 10.1. The molecule has 1 aromatic rings. The molecule has 1 N–H and O–H groups in total. The van der Waals surface area contributed by atoms with Gasteiger partial charge < -0.3 is 10.1 Å². The van der Waals surface area contributed by atoms with Gasteiger partial charge in [-0.15, -0.1) is 0 Å². The second-order valence-corrected chi connectivity index (χ2v) is 4.78. The van der Waals surface area contributed by atoms with Gasteiger partial charge in [-0.2, -0.15) is 13.2 Å². The monoisotopic (exact) mass is 304 g/mol. The molecule has 0 radical (unpaired) electrons. The minimum absolute atomic E-state index is 0.0912. The first-order valence-corrected chi connectivity index (χ1v) is 6.74. The summed E-state index contributed by atoms with van der Waals surface area (Å²) in [5.74, 6) is -0.382. The largest absolute Gasteiger partial charge is 0.468 e. The van der Waals surface area contributed by atoms with Crippen LogP contribution in [-0.4, -0.2) is 23.7 Å². The highest BCUT2D eigenvalue weighted by atomic mass is 19.4. The molecule has 1 atom stereocenters. The highest BCUT2D eigenvalue weighted by Crippen LogP contribution is 2.20. The third-order valence-corrected chi connectivity index (χ3v) is 2.84. The number of ether oxygens (including phenoxy) is 1. The van der Waals surface area contributed by atoms with E-state index in [0.717, 1.165) is 12.8 Å². The number of hydrogen-bond acceptors (Lipinski definition) is 3. The summed E-state index contributed by atoms with van der Waals surface area (Å²) < 4.78 is 41.1. The van der Waals surface area contributed by atoms with Gasteiger partial charge in [-0.05, 0) is 12.5 Å². The van der Waals surface area contributed by atoms with E-state index < -0.39 is 12.8 Å². The normalized spacial score (nSPS) is 12.8. The predicted octanol–water partition coefficient (Wildman–Crippen LogP) is 3.08. The van der Waals surface area contributed by atoms with Crippen LogP contribution in [0, 0.1) is 5.92 Å². The van der Waals surface area contributed by atoms with E-state index in [4.69, 9.17) is 0 Å². The van der Waals surface area contributed by atoms with Crippen LogP contribution in [-0.2, 0) is 11.3 Å². The maximum atomic E-state index is 12.2. The summed E-state index contributed by atoms with van der Waals surface area (Å²) in [5, 5.41) is 2.68. The number of pyridine rings is 1. The molecule has 0 aliphatic heterocycles. The Kier molecular flexibility index (Phi) is 6.45. The van der Waals surface area contributed by atoms with Crippen LogP contribution in [0.4, 0.5) is 13.2 Å². The van der Waals surface area contributed by atoms with Crippen molar-refractivity contribution in [1.29, 1.82) is 0 Å². The number of alkyl halides is 3. The summed E-state index contributed by atoms with van der Waals surface area (Å²) in [7, 11) is 0. The van der Waals surface area contributed by atoms with E-state index in [2.05, 4.69) is 15.0 Å². The van der Waals surface area contributed by atoms with E-state index in [1.54, 1.807) is 12.1 Å². The lowest BCUT2D eigenvalue weighted by molar-refractivity contribution is -0.154. The zero-order valence-corrected chi connectivity index (χ0v) is 12.0. The molecule has 118 valence electrons. The Morgan fingerprint density at radius 1 is 1.48 bits per heavy atom. The maximum absolute atomic E-state index is 12.2. The first kappa shape index (κ1) is 17.3. The molecular weight excluding hydrogens is 285 g/mol. The van der Waals surface area contributed by atoms with Gasteiger partial charge in [0.05, 0.1) is 0 Å². The lowest BCUT2D eigenvalue weighted by Gasteiger charge is -2.14. The molecule has 1 unspecified atom stereocenters. The van der Waals surface area contributed by atoms with E-state index in [1.165, 1.54) is 6.20 Å². The maximum Gasteiger partial charge on any atom is 0.422 e. The first-order chi connectivity index (χ1) is 9.83. The van der Waals surface area contributed by atoms with Crippen molar-refractivity contribution in [2.45, 2.75) is 39.4 Å². The SMILES string of the molecule is CCCC(C)C(=O)NCc1cccnc1OCC(F)(F)F. The number of carbonyl (C=O) groups excluding carboxylic acids is 1. The van der Waals surface area contributed by atoms with Crippen molar-refractivity contribution in [3.8, 4) is 5.88 Å². The highest BCUT2D eigenvalue weighted by Gasteiger charge is 2.29. The van der Waals surface area contributed by atoms with Gasteiger partial charge in [-0.3, -0.25) is 4.79 Å². The minimum atomic E-state index is -4.42. The predicted molar refractivity (Wildman–Crippen MR) is 71.7 cm³/mol. The Labute approximate surface area is 121 Å². The van der Waals surface area contributed by atoms with E-state index >= 15 is 0 Å². The van der Waals surface area contributed by atoms with Crippen LogP contribution >= 0.6 is 0 Å². The van der Waals surface area contributed by atoms with Crippen LogP contribution < -0.4 is 10.1 Å². The molecule has 21 heavy (non-hydrogen) atoms. The summed E-state index contributed by atoms with van der Waals surface area (Å²) in [4.78, 5) is 15.5. The quantitative estimate of drug-likeness (QED) is 0.842. The fourth-order valence-electron chi connectivity index (χ4n) is 1.76. The molecule has 7 heteroatoms. The van der Waals surface area contributed by atoms with Gasteiger partial charge in [-0.25, -0.2) is 4.98 Å². The van der Waals surface area contributed by atoms with Gasteiger partial charge in [0.2, 0.25) is 11.8 Å². The highest BCUT2D eigenvalue weighted by molar-refractivity contribution is 5.78. The van der Waals surface area contributed by atoms with Crippen molar-refractivity contribution in [1.82, 2.24) is 10.3 Å². The Morgan fingerprint density at radius 3 is 2.81 bits per heavy atom. The van der Waals surface area contributed by atoms with Gasteiger partial charge in [-0.1, -0.05) is 26.3 Å². The molecule has 0 bridgehead atoms. The first-order valence-electron chi connectivity index (χ1n) is 6.74. The molecule has 0 saturated heterocycles. The Bertz CT molecular complexity index is 464. The van der Waals surface area contributed by atoms with Crippen LogP contribution in [0.2, 0.25) is 0 Å². The summed E-state index contributed by atoms with van der Waals surface area (Å²) in [6.07, 6.45) is -1.43. The molecule has 1 aromatic heterocycles. The van der Waals surface area contributed by atoms with Crippen LogP contribution in [0.1, 0.15) is 32.3 Å². The molecule has 4 nitrogen and oxygen atoms in total. The summed E-state index contributed by atoms with van der Waals surface area (Å²) in [6, 6.07) is 3.15. The molecular formula is C14H19F3N2O2. The van der Waals surface area contributed by atoms with Gasteiger partial charge >= 0.3 is 6.18 Å². The number of halogens is 3. The molecule has 1 heterocycles. The number of rotatable bonds is 7. The molecule has 1 amide bonds. The number of amides is 1. The zero-order chi connectivity index (χ0) is 15.9. The Morgan fingerprint density at radius 2 is 2.19 bits per heavy atom. The third-order valence-electron chi connectivity index (χ3n) is 2.84. The van der Waals surface area contributed by atoms with Crippen molar-refractivity contribution in [2.24, 2.45) is 5.92 Å². The summed E-state index contributed by atoms with van der Waals surface area (Å²) in [6.45, 7) is 2.47. The topological polar surface area (TPSA) is 51.2 Å². The van der Waals surface area contributed by atoms with E-state index in [9.17, 15) is 18.0 Å². The number of nitrogens with one attached hydrogen (secondary N) is 1. The van der Waals surface area contributed by atoms with E-state index in [1.807, 2.05) is 13.8 Å². The van der Waals surface area contributed by atoms with Crippen molar-refractivity contribution in [2.75, 3.05) is 6.61 Å². The number of nitrogens with zero attached hydrogens (tertiary/aromatic N) is 1. The molecule has 0 fully saturated rings. The van der Waals surface area contributed by atoms with E-state index in [0.29, 0.717) is 5.56 Å². The van der Waals surface area contributed by atoms with Crippen LogP contribution in [0.5, 0.6) is 5.88 Å². The van der Waals surface area contributed by atoms with Crippen molar-refractivity contribution in [3.05, 3.63) is 23.9 Å². The second kappa shape index (κ2) is 7.85. The molecule has 0 aromatic carbocycles. The number of aromatic nitrogens is 1. The molecule has 0 aliphatic carbocycles. The number of carbonyl (C=O) groups is 1. The Balaban J connectivity index is 2.61. The summed E-state index contributed by atoms with van der Waals surface area (Å²) in [5.41, 5.74) is 0.416. The lowest BCUT2D eigenvalue weighted by Crippen LogP contribution is -2.29. The van der Waals surface area contributed by atoms with Crippen molar-refractivity contribution < 1.29 is 22.7 Å². The second-order valence-electron chi connectivity index (χ2n) is 4.78. The molecule has 0 saturated carbocycles. The van der Waals surface area contributed by atoms with Gasteiger partial charge in [0, 0.05) is 24.2 Å². The average molecular weight is 304 g/mol. The smallest absolute Gasteiger partial charge is 0.422 e. The third kappa shape index (κ3) is 6.46. The molecule has 0 aliphatic rings. The van der Waals surface area contributed by atoms with Crippen LogP contribution in [0.25, 0.3) is 0 Å². The van der Waals surface area contributed by atoms with Crippen LogP contribution in [0.3, 0.4) is 0 Å². The molecule has 0 spiro atoms. The fourth-order valence-corrected chi connectivity index (χ4v) is 1.76. The van der Waals surface area contributed by atoms with E-state index in [-0.39, 0.29) is 24.2 Å².